The molecule has 0 bridgehead atoms. The molecule has 23 heavy (non-hydrogen) atoms. The van der Waals surface area contributed by atoms with Gasteiger partial charge >= 0.3 is 0 Å². The van der Waals surface area contributed by atoms with Gasteiger partial charge in [0, 0.05) is 23.4 Å². The molecule has 0 aliphatic carbocycles. The molecule has 1 aromatic heterocycles. The van der Waals surface area contributed by atoms with E-state index < -0.39 is 5.60 Å². The van der Waals surface area contributed by atoms with Gasteiger partial charge in [-0.3, -0.25) is 4.79 Å². The Bertz CT molecular complexity index is 703. The number of rotatable bonds is 4. The number of hydrogen-bond acceptors (Lipinski definition) is 4. The Labute approximate surface area is 140 Å². The predicted octanol–water partition coefficient (Wildman–Crippen LogP) is 3.16. The zero-order valence-corrected chi connectivity index (χ0v) is 14.2. The molecule has 0 radical (unpaired) electrons. The number of carbonyl (C=O) groups excluding carboxylic acids is 1. The molecule has 4 nitrogen and oxygen atoms in total. The van der Waals surface area contributed by atoms with Crippen LogP contribution in [0.4, 0.5) is 0 Å². The van der Waals surface area contributed by atoms with Crippen molar-refractivity contribution in [3.63, 3.8) is 0 Å². The first-order valence-corrected chi connectivity index (χ1v) is 8.89. The summed E-state index contributed by atoms with van der Waals surface area (Å²) in [4.78, 5) is 12.7. The van der Waals surface area contributed by atoms with Crippen LogP contribution < -0.4 is 5.32 Å². The third kappa shape index (κ3) is 3.31. The van der Waals surface area contributed by atoms with Crippen LogP contribution in [0.1, 0.15) is 28.1 Å². The fraction of sp³-hybridized carbons (Fsp3) is 0.389. The van der Waals surface area contributed by atoms with E-state index in [0.29, 0.717) is 23.5 Å². The van der Waals surface area contributed by atoms with Gasteiger partial charge in [-0.05, 0) is 26.0 Å². The number of benzene rings is 1. The number of nitrogens with one attached hydrogen (secondary N) is 1. The first kappa shape index (κ1) is 16.1. The van der Waals surface area contributed by atoms with Crippen molar-refractivity contribution in [1.82, 2.24) is 5.32 Å². The number of thioether (sulfide) groups is 1. The fourth-order valence-electron chi connectivity index (χ4n) is 2.76. The summed E-state index contributed by atoms with van der Waals surface area (Å²) in [5.74, 6) is 2.74. The van der Waals surface area contributed by atoms with E-state index in [0.717, 1.165) is 22.6 Å². The molecule has 1 fully saturated rings. The van der Waals surface area contributed by atoms with Gasteiger partial charge in [-0.25, -0.2) is 0 Å². The number of amides is 1. The highest BCUT2D eigenvalue weighted by Crippen LogP contribution is 2.31. The Morgan fingerprint density at radius 2 is 2.09 bits per heavy atom. The Morgan fingerprint density at radius 1 is 1.35 bits per heavy atom. The quantitative estimate of drug-likeness (QED) is 0.903. The Hall–Kier alpha value is -1.72. The number of aryl methyl sites for hydroxylation is 1. The van der Waals surface area contributed by atoms with Crippen LogP contribution in [0.15, 0.2) is 34.7 Å². The minimum atomic E-state index is -0.792. The molecule has 1 aliphatic rings. The molecule has 1 atom stereocenters. The molecule has 2 N–H and O–H groups in total. The van der Waals surface area contributed by atoms with Gasteiger partial charge in [0.2, 0.25) is 0 Å². The van der Waals surface area contributed by atoms with Crippen LogP contribution in [0.3, 0.4) is 0 Å². The Morgan fingerprint density at radius 3 is 2.74 bits per heavy atom. The molecule has 5 heteroatoms. The lowest BCUT2D eigenvalue weighted by Gasteiger charge is -2.21. The highest BCUT2D eigenvalue weighted by Gasteiger charge is 2.33. The molecule has 1 saturated heterocycles. The van der Waals surface area contributed by atoms with E-state index in [1.165, 1.54) is 0 Å². The number of hydrogen-bond donors (Lipinski definition) is 2. The summed E-state index contributed by atoms with van der Waals surface area (Å²) < 4.78 is 5.82. The summed E-state index contributed by atoms with van der Waals surface area (Å²) in [6, 6.07) is 9.62. The molecule has 3 rings (SSSR count). The second-order valence-corrected chi connectivity index (χ2v) is 7.17. The largest absolute Gasteiger partial charge is 0.460 e. The smallest absolute Gasteiger partial charge is 0.255 e. The maximum atomic E-state index is 12.7. The predicted molar refractivity (Wildman–Crippen MR) is 92.8 cm³/mol. The van der Waals surface area contributed by atoms with Gasteiger partial charge in [-0.2, -0.15) is 11.8 Å². The lowest BCUT2D eigenvalue weighted by molar-refractivity contribution is 0.0612. The van der Waals surface area contributed by atoms with Crippen LogP contribution in [0.2, 0.25) is 0 Å². The van der Waals surface area contributed by atoms with Gasteiger partial charge in [-0.1, -0.05) is 30.3 Å². The molecule has 2 aromatic rings. The first-order chi connectivity index (χ1) is 11.0. The molecule has 1 amide bonds. The van der Waals surface area contributed by atoms with E-state index in [1.807, 2.05) is 44.2 Å². The zero-order valence-electron chi connectivity index (χ0n) is 13.4. The van der Waals surface area contributed by atoms with Crippen LogP contribution in [0.25, 0.3) is 11.3 Å². The van der Waals surface area contributed by atoms with Crippen molar-refractivity contribution in [3.05, 3.63) is 47.2 Å². The highest BCUT2D eigenvalue weighted by molar-refractivity contribution is 7.99. The van der Waals surface area contributed by atoms with E-state index in [-0.39, 0.29) is 12.5 Å². The molecule has 1 aliphatic heterocycles. The van der Waals surface area contributed by atoms with Crippen molar-refractivity contribution < 1.29 is 14.3 Å². The van der Waals surface area contributed by atoms with E-state index in [2.05, 4.69) is 5.32 Å². The van der Waals surface area contributed by atoms with Gasteiger partial charge < -0.3 is 14.8 Å². The Balaban J connectivity index is 1.85. The van der Waals surface area contributed by atoms with Crippen molar-refractivity contribution in [2.75, 3.05) is 18.1 Å². The molecule has 1 aromatic carbocycles. The summed E-state index contributed by atoms with van der Waals surface area (Å²) in [7, 11) is 0. The summed E-state index contributed by atoms with van der Waals surface area (Å²) in [5, 5.41) is 13.3. The molecule has 0 unspecified atom stereocenters. The van der Waals surface area contributed by atoms with Crippen molar-refractivity contribution in [3.8, 4) is 11.3 Å². The van der Waals surface area contributed by atoms with Gasteiger partial charge in [0.25, 0.3) is 5.91 Å². The summed E-state index contributed by atoms with van der Waals surface area (Å²) >= 11 is 1.72. The van der Waals surface area contributed by atoms with Crippen molar-refractivity contribution >= 4 is 17.7 Å². The second kappa shape index (κ2) is 6.42. The van der Waals surface area contributed by atoms with Gasteiger partial charge in [0.1, 0.15) is 11.5 Å². The monoisotopic (exact) mass is 331 g/mol. The molecular weight excluding hydrogens is 310 g/mol. The van der Waals surface area contributed by atoms with Crippen LogP contribution in [0.5, 0.6) is 0 Å². The minimum Gasteiger partial charge on any atom is -0.460 e. The molecule has 0 saturated carbocycles. The van der Waals surface area contributed by atoms with E-state index in [4.69, 9.17) is 4.42 Å². The van der Waals surface area contributed by atoms with Crippen molar-refractivity contribution in [1.29, 1.82) is 0 Å². The van der Waals surface area contributed by atoms with Crippen LogP contribution >= 0.6 is 11.8 Å². The van der Waals surface area contributed by atoms with Gasteiger partial charge in [0.05, 0.1) is 11.2 Å². The maximum absolute atomic E-state index is 12.7. The fourth-order valence-corrected chi connectivity index (χ4v) is 4.06. The van der Waals surface area contributed by atoms with Crippen LogP contribution in [-0.2, 0) is 0 Å². The minimum absolute atomic E-state index is 0.191. The summed E-state index contributed by atoms with van der Waals surface area (Å²) in [6.07, 6.45) is 0.715. The highest BCUT2D eigenvalue weighted by atomic mass is 32.2. The van der Waals surface area contributed by atoms with Crippen LogP contribution in [-0.4, -0.2) is 34.7 Å². The van der Waals surface area contributed by atoms with Crippen LogP contribution in [0, 0.1) is 13.8 Å². The molecule has 122 valence electrons. The zero-order chi connectivity index (χ0) is 16.4. The third-order valence-electron chi connectivity index (χ3n) is 4.31. The van der Waals surface area contributed by atoms with Gasteiger partial charge in [-0.15, -0.1) is 0 Å². The third-order valence-corrected chi connectivity index (χ3v) is 5.54. The number of carbonyl (C=O) groups is 1. The molecule has 2 heterocycles. The molecular formula is C18H21NO3S. The van der Waals surface area contributed by atoms with E-state index >= 15 is 0 Å². The van der Waals surface area contributed by atoms with Crippen molar-refractivity contribution in [2.24, 2.45) is 0 Å². The average Bonchev–Trinajstić information content (AvgIpc) is 3.11. The number of aliphatic hydroxyl groups is 1. The lowest BCUT2D eigenvalue weighted by atomic mass is 10.0. The standard InChI is InChI=1S/C18H21NO3S/c1-12-13(2)22-16(14-6-4-3-5-7-14)15(12)17(20)19-10-18(21)8-9-23-11-18/h3-7,21H,8-11H2,1-2H3,(H,19,20)/t18-/m0/s1. The average molecular weight is 331 g/mol. The van der Waals surface area contributed by atoms with Crippen molar-refractivity contribution in [2.45, 2.75) is 25.9 Å². The SMILES string of the molecule is Cc1oc(-c2ccccc2)c(C(=O)NC[C@@]2(O)CCSC2)c1C. The summed E-state index contributed by atoms with van der Waals surface area (Å²) in [5.41, 5.74) is 1.49. The normalized spacial score (nSPS) is 20.7. The lowest BCUT2D eigenvalue weighted by Crippen LogP contribution is -2.43. The second-order valence-electron chi connectivity index (χ2n) is 6.06. The molecule has 0 spiro atoms. The number of furan rings is 1. The topological polar surface area (TPSA) is 62.5 Å². The van der Waals surface area contributed by atoms with Gasteiger partial charge in [0.15, 0.2) is 0 Å². The maximum Gasteiger partial charge on any atom is 0.255 e. The van der Waals surface area contributed by atoms with E-state index in [9.17, 15) is 9.90 Å². The Kier molecular flexibility index (Phi) is 4.50. The summed E-state index contributed by atoms with van der Waals surface area (Å²) in [6.45, 7) is 4.02. The van der Waals surface area contributed by atoms with E-state index in [1.54, 1.807) is 11.8 Å². The first-order valence-electron chi connectivity index (χ1n) is 7.74.